The van der Waals surface area contributed by atoms with Crippen molar-refractivity contribution in [1.29, 1.82) is 0 Å². The third kappa shape index (κ3) is 4.00. The molecule has 2 aliphatic heterocycles. The number of hydrogen-bond acceptors (Lipinski definition) is 3. The van der Waals surface area contributed by atoms with Gasteiger partial charge in [-0.1, -0.05) is 109 Å². The zero-order chi connectivity index (χ0) is 34.2. The minimum atomic E-state index is -0.736. The summed E-state index contributed by atoms with van der Waals surface area (Å²) >= 11 is 0. The Balaban J connectivity index is 1.22. The molecule has 4 heteroatoms. The fraction of sp³-hybridized carbons (Fsp3) is 0.0208. The predicted octanol–water partition coefficient (Wildman–Crippen LogP) is 12.1. The molecule has 0 fully saturated rings. The van der Waals surface area contributed by atoms with E-state index in [1.165, 1.54) is 21.8 Å². The van der Waals surface area contributed by atoms with Gasteiger partial charge in [0.25, 0.3) is 0 Å². The zero-order valence-corrected chi connectivity index (χ0v) is 28.0. The number of hydrogen-bond donors (Lipinski definition) is 0. The van der Waals surface area contributed by atoms with Crippen molar-refractivity contribution >= 4 is 21.8 Å². The monoisotopic (exact) mass is 666 g/mol. The van der Waals surface area contributed by atoms with Crippen LogP contribution in [-0.4, -0.2) is 9.55 Å². The van der Waals surface area contributed by atoms with Crippen LogP contribution < -0.4 is 9.47 Å². The van der Waals surface area contributed by atoms with Gasteiger partial charge < -0.3 is 14.0 Å². The lowest BCUT2D eigenvalue weighted by atomic mass is 9.61. The minimum absolute atomic E-state index is 0.736. The quantitative estimate of drug-likeness (QED) is 0.188. The van der Waals surface area contributed by atoms with Gasteiger partial charge in [0.05, 0.1) is 22.1 Å². The Bertz CT molecular complexity index is 2810. The van der Waals surface area contributed by atoms with Gasteiger partial charge in [0.15, 0.2) is 0 Å². The van der Waals surface area contributed by atoms with Gasteiger partial charge in [-0.15, -0.1) is 0 Å². The van der Waals surface area contributed by atoms with Crippen LogP contribution in [-0.2, 0) is 5.41 Å². The summed E-state index contributed by atoms with van der Waals surface area (Å²) in [6, 6.07) is 62.1. The van der Waals surface area contributed by atoms with E-state index in [4.69, 9.17) is 9.47 Å². The second kappa shape index (κ2) is 11.0. The maximum atomic E-state index is 7.01. The Kier molecular flexibility index (Phi) is 6.13. The predicted molar refractivity (Wildman–Crippen MR) is 208 cm³/mol. The number of para-hydroxylation sites is 4. The molecule has 0 bridgehead atoms. The molecule has 0 N–H and O–H groups in total. The van der Waals surface area contributed by atoms with Crippen LogP contribution in [0.1, 0.15) is 22.3 Å². The van der Waals surface area contributed by atoms with Crippen LogP contribution in [0.5, 0.6) is 23.0 Å². The highest BCUT2D eigenvalue weighted by atomic mass is 16.5. The largest absolute Gasteiger partial charge is 0.457 e. The molecule has 4 nitrogen and oxygen atoms in total. The van der Waals surface area contributed by atoms with Crippen molar-refractivity contribution in [3.05, 3.63) is 204 Å². The molecule has 2 aliphatic rings. The van der Waals surface area contributed by atoms with E-state index >= 15 is 0 Å². The number of nitrogens with zero attached hydrogens (tertiary/aromatic N) is 2. The Morgan fingerprint density at radius 2 is 1.10 bits per heavy atom. The summed E-state index contributed by atoms with van der Waals surface area (Å²) in [4.78, 5) is 4.66. The summed E-state index contributed by atoms with van der Waals surface area (Å²) in [5, 5.41) is 2.42. The second-order valence-corrected chi connectivity index (χ2v) is 13.5. The topological polar surface area (TPSA) is 36.3 Å². The molecule has 7 aromatic carbocycles. The van der Waals surface area contributed by atoms with Gasteiger partial charge in [0.2, 0.25) is 0 Å². The molecule has 0 radical (unpaired) electrons. The van der Waals surface area contributed by atoms with Gasteiger partial charge in [-0.05, 0) is 77.9 Å². The molecule has 244 valence electrons. The number of fused-ring (bicyclic) bond motifs is 11. The van der Waals surface area contributed by atoms with E-state index in [0.717, 1.165) is 73.3 Å². The molecule has 52 heavy (non-hydrogen) atoms. The van der Waals surface area contributed by atoms with E-state index in [1.807, 2.05) is 36.5 Å². The smallest absolute Gasteiger partial charge is 0.132 e. The second-order valence-electron chi connectivity index (χ2n) is 13.5. The van der Waals surface area contributed by atoms with Crippen LogP contribution >= 0.6 is 0 Å². The highest BCUT2D eigenvalue weighted by molar-refractivity contribution is 6.10. The molecule has 0 saturated carbocycles. The van der Waals surface area contributed by atoms with Gasteiger partial charge in [-0.2, -0.15) is 0 Å². The number of pyridine rings is 1. The van der Waals surface area contributed by atoms with Crippen LogP contribution in [0.2, 0.25) is 0 Å². The third-order valence-corrected chi connectivity index (χ3v) is 10.8. The summed E-state index contributed by atoms with van der Waals surface area (Å²) in [7, 11) is 0. The number of benzene rings is 7. The van der Waals surface area contributed by atoms with E-state index in [2.05, 4.69) is 155 Å². The first-order valence-corrected chi connectivity index (χ1v) is 17.6. The van der Waals surface area contributed by atoms with Gasteiger partial charge in [0.1, 0.15) is 23.0 Å². The van der Waals surface area contributed by atoms with E-state index < -0.39 is 5.41 Å². The molecular weight excluding hydrogens is 637 g/mol. The summed E-state index contributed by atoms with van der Waals surface area (Å²) in [6.45, 7) is 0. The van der Waals surface area contributed by atoms with Crippen molar-refractivity contribution < 1.29 is 9.47 Å². The van der Waals surface area contributed by atoms with Gasteiger partial charge in [-0.3, -0.25) is 4.98 Å². The molecule has 2 aromatic heterocycles. The molecular formula is C48H30N2O2. The summed E-state index contributed by atoms with van der Waals surface area (Å²) < 4.78 is 16.0. The molecule has 0 atom stereocenters. The highest BCUT2D eigenvalue weighted by Gasteiger charge is 2.51. The van der Waals surface area contributed by atoms with E-state index in [1.54, 1.807) is 0 Å². The van der Waals surface area contributed by atoms with Crippen molar-refractivity contribution in [2.75, 3.05) is 0 Å². The summed E-state index contributed by atoms with van der Waals surface area (Å²) in [6.07, 6.45) is 1.83. The van der Waals surface area contributed by atoms with Crippen LogP contribution in [0.3, 0.4) is 0 Å². The molecule has 0 amide bonds. The standard InChI is InChI=1S/C48H30N2O2/c1-2-13-33(14-3-1)50-41-20-7-4-15-35(41)36-29-31(25-27-42(36)50)34-16-12-23-45-47(34)48(37-17-5-8-21-43(37)51-44-22-9-6-18-38(44)48)39-26-24-32(30-46(39)52-45)40-19-10-11-28-49-40/h1-30H. The van der Waals surface area contributed by atoms with Crippen molar-refractivity contribution in [3.8, 4) is 51.1 Å². The first-order valence-electron chi connectivity index (χ1n) is 17.6. The highest BCUT2D eigenvalue weighted by Crippen LogP contribution is 2.63. The average molecular weight is 667 g/mol. The average Bonchev–Trinajstić information content (AvgIpc) is 3.54. The van der Waals surface area contributed by atoms with Crippen LogP contribution in [0, 0.1) is 0 Å². The van der Waals surface area contributed by atoms with Crippen LogP contribution in [0.25, 0.3) is 49.9 Å². The summed E-state index contributed by atoms with van der Waals surface area (Å²) in [5.74, 6) is 3.30. The maximum absolute atomic E-state index is 7.01. The van der Waals surface area contributed by atoms with E-state index in [0.29, 0.717) is 0 Å². The lowest BCUT2D eigenvalue weighted by Crippen LogP contribution is -2.37. The molecule has 0 unspecified atom stereocenters. The van der Waals surface area contributed by atoms with Crippen molar-refractivity contribution in [3.63, 3.8) is 0 Å². The number of ether oxygens (including phenoxy) is 2. The Labute approximate surface area is 300 Å². The molecule has 1 spiro atoms. The van der Waals surface area contributed by atoms with Gasteiger partial charge in [-0.25, -0.2) is 0 Å². The SMILES string of the molecule is c1ccc(-n2c3ccccc3c3cc(-c4cccc5c4C4(c6ccccc6Oc6ccccc64)c4ccc(-c6ccccn6)cc4O5)ccc32)cc1. The summed E-state index contributed by atoms with van der Waals surface area (Å²) in [5.41, 5.74) is 11.2. The van der Waals surface area contributed by atoms with E-state index in [9.17, 15) is 0 Å². The van der Waals surface area contributed by atoms with Crippen LogP contribution in [0.15, 0.2) is 182 Å². The normalized spacial score (nSPS) is 13.5. The zero-order valence-electron chi connectivity index (χ0n) is 28.0. The fourth-order valence-electron chi connectivity index (χ4n) is 8.66. The van der Waals surface area contributed by atoms with Crippen molar-refractivity contribution in [1.82, 2.24) is 9.55 Å². The lowest BCUT2D eigenvalue weighted by Gasteiger charge is -2.45. The lowest BCUT2D eigenvalue weighted by molar-refractivity contribution is 0.400. The Morgan fingerprint density at radius 1 is 0.442 bits per heavy atom. The molecule has 0 saturated heterocycles. The third-order valence-electron chi connectivity index (χ3n) is 10.8. The fourth-order valence-corrected chi connectivity index (χ4v) is 8.66. The molecule has 4 heterocycles. The first kappa shape index (κ1) is 28.9. The van der Waals surface area contributed by atoms with Crippen molar-refractivity contribution in [2.45, 2.75) is 5.41 Å². The first-order chi connectivity index (χ1) is 25.8. The number of aromatic nitrogens is 2. The molecule has 0 aliphatic carbocycles. The Hall–Kier alpha value is -6.91. The van der Waals surface area contributed by atoms with E-state index in [-0.39, 0.29) is 0 Å². The van der Waals surface area contributed by atoms with Crippen LogP contribution in [0.4, 0.5) is 0 Å². The maximum Gasteiger partial charge on any atom is 0.132 e. The number of rotatable bonds is 3. The molecule has 9 aromatic rings. The Morgan fingerprint density at radius 3 is 1.90 bits per heavy atom. The minimum Gasteiger partial charge on any atom is -0.457 e. The van der Waals surface area contributed by atoms with Gasteiger partial charge in [0, 0.05) is 50.5 Å². The molecule has 11 rings (SSSR count). The van der Waals surface area contributed by atoms with Crippen molar-refractivity contribution in [2.24, 2.45) is 0 Å². The van der Waals surface area contributed by atoms with Gasteiger partial charge >= 0.3 is 0 Å².